The van der Waals surface area contributed by atoms with Crippen LogP contribution in [0.15, 0.2) is 11.6 Å². The van der Waals surface area contributed by atoms with Gasteiger partial charge < -0.3 is 0 Å². The van der Waals surface area contributed by atoms with Crippen molar-refractivity contribution in [3.05, 3.63) is 11.6 Å². The van der Waals surface area contributed by atoms with Gasteiger partial charge in [-0.25, -0.2) is 0 Å². The summed E-state index contributed by atoms with van der Waals surface area (Å²) in [6.07, 6.45) is 14.3. The molecule has 0 saturated carbocycles. The molecule has 1 aliphatic carbocycles. The van der Waals surface area contributed by atoms with Crippen LogP contribution in [0.4, 0.5) is 0 Å². The van der Waals surface area contributed by atoms with E-state index < -0.39 is 18.4 Å². The number of hydrogen-bond donors (Lipinski definition) is 0. The standard InChI is InChI=1S/C10H17.3C4H9.Sn/c1-8(2)10-6-4-9(3)5-7-10;3*1-3-4-2;/h6-9H,4-5H2,1-3H3;3*1,3-4H2,2H3;. The molecule has 0 radical (unpaired) electrons. The van der Waals surface area contributed by atoms with E-state index in [9.17, 15) is 0 Å². The second kappa shape index (κ2) is 11.2. The van der Waals surface area contributed by atoms with Gasteiger partial charge >= 0.3 is 152 Å². The van der Waals surface area contributed by atoms with E-state index in [4.69, 9.17) is 0 Å². The van der Waals surface area contributed by atoms with E-state index in [-0.39, 0.29) is 0 Å². The van der Waals surface area contributed by atoms with Gasteiger partial charge in [-0.3, -0.25) is 0 Å². The summed E-state index contributed by atoms with van der Waals surface area (Å²) in [4.78, 5) is 0. The van der Waals surface area contributed by atoms with Gasteiger partial charge in [0.05, 0.1) is 0 Å². The van der Waals surface area contributed by atoms with Crippen LogP contribution in [0.25, 0.3) is 0 Å². The molecule has 1 rings (SSSR count). The second-order valence-corrected chi connectivity index (χ2v) is 22.7. The molecule has 0 fully saturated rings. The Kier molecular flexibility index (Phi) is 10.5. The zero-order valence-electron chi connectivity index (χ0n) is 17.1. The minimum atomic E-state index is -2.11. The molecular formula is C22H44Sn. The Hall–Kier alpha value is 0.539. The summed E-state index contributed by atoms with van der Waals surface area (Å²) < 4.78 is 6.09. The van der Waals surface area contributed by atoms with E-state index in [1.807, 2.05) is 5.57 Å². The van der Waals surface area contributed by atoms with Gasteiger partial charge in [0.15, 0.2) is 0 Å². The molecule has 0 aromatic carbocycles. The maximum absolute atomic E-state index is 2.69. The first kappa shape index (κ1) is 21.6. The van der Waals surface area contributed by atoms with Crippen LogP contribution in [-0.2, 0) is 0 Å². The topological polar surface area (TPSA) is 0 Å². The third-order valence-corrected chi connectivity index (χ3v) is 23.7. The van der Waals surface area contributed by atoms with Gasteiger partial charge in [0, 0.05) is 0 Å². The van der Waals surface area contributed by atoms with Crippen molar-refractivity contribution in [1.82, 2.24) is 0 Å². The predicted molar refractivity (Wildman–Crippen MR) is 110 cm³/mol. The molecule has 0 aromatic rings. The van der Waals surface area contributed by atoms with E-state index >= 15 is 0 Å². The Labute approximate surface area is 151 Å². The second-order valence-electron chi connectivity index (χ2n) is 8.66. The van der Waals surface area contributed by atoms with Crippen LogP contribution < -0.4 is 0 Å². The van der Waals surface area contributed by atoms with Crippen molar-refractivity contribution in [1.29, 1.82) is 0 Å². The van der Waals surface area contributed by atoms with E-state index in [1.54, 1.807) is 13.3 Å². The third kappa shape index (κ3) is 6.40. The summed E-state index contributed by atoms with van der Waals surface area (Å²) in [6, 6.07) is 0. The Balaban J connectivity index is 3.14. The summed E-state index contributed by atoms with van der Waals surface area (Å²) in [6.45, 7) is 14.6. The van der Waals surface area contributed by atoms with Crippen LogP contribution in [0.1, 0.15) is 92.9 Å². The number of unbranched alkanes of at least 4 members (excludes halogenated alkanes) is 3. The fourth-order valence-electron chi connectivity index (χ4n) is 4.84. The number of rotatable bonds is 11. The molecule has 1 heteroatoms. The summed E-state index contributed by atoms with van der Waals surface area (Å²) in [5, 5.41) is 0. The van der Waals surface area contributed by atoms with Crippen molar-refractivity contribution in [3.63, 3.8) is 0 Å². The quantitative estimate of drug-likeness (QED) is 0.230. The average molecular weight is 427 g/mol. The molecule has 0 heterocycles. The fourth-order valence-corrected chi connectivity index (χ4v) is 24.9. The zero-order chi connectivity index (χ0) is 17.3. The first-order valence-electron chi connectivity index (χ1n) is 10.7. The molecule has 0 spiro atoms. The van der Waals surface area contributed by atoms with Gasteiger partial charge in [-0.2, -0.15) is 0 Å². The van der Waals surface area contributed by atoms with Crippen molar-refractivity contribution in [3.8, 4) is 0 Å². The van der Waals surface area contributed by atoms with E-state index in [1.165, 1.54) is 51.4 Å². The van der Waals surface area contributed by atoms with Crippen molar-refractivity contribution < 1.29 is 0 Å². The molecule has 0 aromatic heterocycles. The molecule has 0 nitrogen and oxygen atoms in total. The Bertz CT molecular complexity index is 320. The van der Waals surface area contributed by atoms with Crippen molar-refractivity contribution in [2.24, 2.45) is 11.8 Å². The molecule has 0 saturated heterocycles. The summed E-state index contributed by atoms with van der Waals surface area (Å²) >= 11 is -2.11. The van der Waals surface area contributed by atoms with Gasteiger partial charge in [-0.1, -0.05) is 0 Å². The fraction of sp³-hybridized carbons (Fsp3) is 0.909. The zero-order valence-corrected chi connectivity index (χ0v) is 19.9. The normalized spacial score (nSPS) is 22.5. The average Bonchev–Trinajstić information content (AvgIpc) is 2.54. The predicted octanol–water partition coefficient (Wildman–Crippen LogP) is 8.22. The molecule has 136 valence electrons. The van der Waals surface area contributed by atoms with Gasteiger partial charge in [-0.15, -0.1) is 0 Å². The third-order valence-electron chi connectivity index (χ3n) is 6.29. The van der Waals surface area contributed by atoms with Gasteiger partial charge in [0.1, 0.15) is 0 Å². The molecule has 1 aliphatic rings. The van der Waals surface area contributed by atoms with Crippen LogP contribution in [0.5, 0.6) is 0 Å². The Morgan fingerprint density at radius 3 is 1.83 bits per heavy atom. The Morgan fingerprint density at radius 1 is 0.957 bits per heavy atom. The molecule has 23 heavy (non-hydrogen) atoms. The molecular weight excluding hydrogens is 383 g/mol. The summed E-state index contributed by atoms with van der Waals surface area (Å²) in [7, 11) is 0. The van der Waals surface area contributed by atoms with Crippen molar-refractivity contribution in [2.75, 3.05) is 0 Å². The van der Waals surface area contributed by atoms with Crippen LogP contribution >= 0.6 is 0 Å². The van der Waals surface area contributed by atoms with E-state index in [2.05, 4.69) is 47.6 Å². The maximum atomic E-state index is 2.69. The first-order valence-corrected chi connectivity index (χ1v) is 18.4. The SMILES string of the molecule is CCC[CH2][Sn]([CH2]CCC)([CH2]CCC)[CH]1CC(C)CC=C1C(C)C. The monoisotopic (exact) mass is 428 g/mol. The van der Waals surface area contributed by atoms with Gasteiger partial charge in [0.25, 0.3) is 0 Å². The van der Waals surface area contributed by atoms with Crippen LogP contribution in [0.3, 0.4) is 0 Å². The van der Waals surface area contributed by atoms with Gasteiger partial charge in [0.2, 0.25) is 0 Å². The van der Waals surface area contributed by atoms with Crippen LogP contribution in [0, 0.1) is 11.8 Å². The molecule has 2 unspecified atom stereocenters. The van der Waals surface area contributed by atoms with E-state index in [0.717, 1.165) is 15.8 Å². The van der Waals surface area contributed by atoms with Crippen LogP contribution in [0.2, 0.25) is 17.2 Å². The summed E-state index contributed by atoms with van der Waals surface area (Å²) in [5.41, 5.74) is 1.90. The number of allylic oxidation sites excluding steroid dienone is 2. The van der Waals surface area contributed by atoms with E-state index in [0.29, 0.717) is 0 Å². The Morgan fingerprint density at radius 2 is 1.43 bits per heavy atom. The molecule has 2 atom stereocenters. The molecule has 0 bridgehead atoms. The molecule has 0 amide bonds. The molecule has 0 N–H and O–H groups in total. The summed E-state index contributed by atoms with van der Waals surface area (Å²) in [5.74, 6) is 1.72. The van der Waals surface area contributed by atoms with Crippen molar-refractivity contribution in [2.45, 2.75) is 110 Å². The van der Waals surface area contributed by atoms with Gasteiger partial charge in [-0.05, 0) is 0 Å². The molecule has 0 aliphatic heterocycles. The first-order chi connectivity index (χ1) is 11.0. The number of hydrogen-bond acceptors (Lipinski definition) is 0. The van der Waals surface area contributed by atoms with Crippen LogP contribution in [-0.4, -0.2) is 18.4 Å². The van der Waals surface area contributed by atoms with Crippen molar-refractivity contribution >= 4 is 18.4 Å². The minimum absolute atomic E-state index is 0.786.